The molecule has 0 spiro atoms. The van der Waals surface area contributed by atoms with Crippen molar-refractivity contribution in [3.8, 4) is 0 Å². The van der Waals surface area contributed by atoms with Gasteiger partial charge in [-0.15, -0.1) is 0 Å². The van der Waals surface area contributed by atoms with Crippen LogP contribution in [0.25, 0.3) is 0 Å². The van der Waals surface area contributed by atoms with Gasteiger partial charge < -0.3 is 11.5 Å². The summed E-state index contributed by atoms with van der Waals surface area (Å²) in [6, 6.07) is 0.536. The summed E-state index contributed by atoms with van der Waals surface area (Å²) in [5.74, 6) is 0. The Balaban J connectivity index is -0.000000144. The first kappa shape index (κ1) is 18.7. The maximum Gasteiger partial charge on any atom is 0.00388 e. The van der Waals surface area contributed by atoms with E-state index in [-0.39, 0.29) is 0 Å². The van der Waals surface area contributed by atoms with E-state index in [1.807, 2.05) is 27.7 Å². The SMILES string of the molecule is CC.CC.CN.NC1CCCCC1. The van der Waals surface area contributed by atoms with E-state index >= 15 is 0 Å². The zero-order valence-electron chi connectivity index (χ0n) is 10.3. The molecule has 0 aliphatic heterocycles. The standard InChI is InChI=1S/C6H13N.2C2H6.CH5N/c7-6-4-2-1-3-5-6;3*1-2/h6H,1-5,7H2;2*1-2H3;2H2,1H3. The molecule has 1 saturated carbocycles. The van der Waals surface area contributed by atoms with E-state index in [1.165, 1.54) is 39.2 Å². The Labute approximate surface area is 85.1 Å². The molecule has 4 N–H and O–H groups in total. The van der Waals surface area contributed by atoms with Crippen LogP contribution in [0.5, 0.6) is 0 Å². The van der Waals surface area contributed by atoms with Gasteiger partial charge in [0.2, 0.25) is 0 Å². The second-order valence-corrected chi connectivity index (χ2v) is 2.40. The summed E-state index contributed by atoms with van der Waals surface area (Å²) in [7, 11) is 1.50. The van der Waals surface area contributed by atoms with Gasteiger partial charge in [-0.3, -0.25) is 0 Å². The highest BCUT2D eigenvalue weighted by Crippen LogP contribution is 2.14. The van der Waals surface area contributed by atoms with E-state index in [4.69, 9.17) is 5.73 Å². The largest absolute Gasteiger partial charge is 0.333 e. The fourth-order valence-corrected chi connectivity index (χ4v) is 1.13. The highest BCUT2D eigenvalue weighted by Gasteiger charge is 2.06. The van der Waals surface area contributed by atoms with Crippen molar-refractivity contribution in [1.82, 2.24) is 0 Å². The summed E-state index contributed by atoms with van der Waals surface area (Å²) in [5, 5.41) is 0. The van der Waals surface area contributed by atoms with Gasteiger partial charge in [-0.1, -0.05) is 47.0 Å². The van der Waals surface area contributed by atoms with E-state index in [2.05, 4.69) is 5.73 Å². The molecule has 13 heavy (non-hydrogen) atoms. The molecule has 2 nitrogen and oxygen atoms in total. The van der Waals surface area contributed by atoms with E-state index in [9.17, 15) is 0 Å². The Hall–Kier alpha value is -0.0800. The maximum absolute atomic E-state index is 5.63. The van der Waals surface area contributed by atoms with Gasteiger partial charge in [0, 0.05) is 6.04 Å². The Morgan fingerprint density at radius 2 is 1.08 bits per heavy atom. The lowest BCUT2D eigenvalue weighted by atomic mass is 9.97. The lowest BCUT2D eigenvalue weighted by molar-refractivity contribution is 0.441. The Kier molecular flexibility index (Phi) is 32.5. The van der Waals surface area contributed by atoms with Crippen molar-refractivity contribution in [2.24, 2.45) is 11.5 Å². The second kappa shape index (κ2) is 22.7. The van der Waals surface area contributed by atoms with Crippen molar-refractivity contribution >= 4 is 0 Å². The molecule has 2 heteroatoms. The minimum absolute atomic E-state index is 0.536. The molecular formula is C11H30N2. The number of hydrogen-bond donors (Lipinski definition) is 2. The Morgan fingerprint density at radius 3 is 1.23 bits per heavy atom. The molecule has 0 atom stereocenters. The zero-order valence-corrected chi connectivity index (χ0v) is 10.3. The van der Waals surface area contributed by atoms with Crippen LogP contribution in [0.3, 0.4) is 0 Å². The van der Waals surface area contributed by atoms with Crippen LogP contribution in [-0.2, 0) is 0 Å². The van der Waals surface area contributed by atoms with Gasteiger partial charge in [0.25, 0.3) is 0 Å². The van der Waals surface area contributed by atoms with Gasteiger partial charge in [0.05, 0.1) is 0 Å². The molecule has 0 aromatic heterocycles. The average molecular weight is 190 g/mol. The monoisotopic (exact) mass is 190 g/mol. The molecule has 0 unspecified atom stereocenters. The van der Waals surface area contributed by atoms with Crippen LogP contribution in [0.1, 0.15) is 59.8 Å². The third-order valence-corrected chi connectivity index (χ3v) is 1.65. The third kappa shape index (κ3) is 18.7. The summed E-state index contributed by atoms with van der Waals surface area (Å²) in [4.78, 5) is 0. The van der Waals surface area contributed by atoms with Crippen LogP contribution in [-0.4, -0.2) is 13.1 Å². The van der Waals surface area contributed by atoms with E-state index in [1.54, 1.807) is 0 Å². The molecule has 0 aromatic carbocycles. The second-order valence-electron chi connectivity index (χ2n) is 2.40. The van der Waals surface area contributed by atoms with E-state index < -0.39 is 0 Å². The van der Waals surface area contributed by atoms with Gasteiger partial charge in [0.1, 0.15) is 0 Å². The average Bonchev–Trinajstić information content (AvgIpc) is 2.28. The highest BCUT2D eigenvalue weighted by atomic mass is 14.6. The first-order valence-corrected chi connectivity index (χ1v) is 5.73. The molecule has 0 radical (unpaired) electrons. The fourth-order valence-electron chi connectivity index (χ4n) is 1.13. The molecule has 0 bridgehead atoms. The first-order valence-electron chi connectivity index (χ1n) is 5.73. The van der Waals surface area contributed by atoms with Crippen molar-refractivity contribution in [3.05, 3.63) is 0 Å². The summed E-state index contributed by atoms with van der Waals surface area (Å²) >= 11 is 0. The smallest absolute Gasteiger partial charge is 0.00388 e. The molecule has 0 heterocycles. The van der Waals surface area contributed by atoms with Gasteiger partial charge in [-0.05, 0) is 19.9 Å². The summed E-state index contributed by atoms with van der Waals surface area (Å²) in [6.45, 7) is 8.00. The van der Waals surface area contributed by atoms with Crippen LogP contribution in [0.4, 0.5) is 0 Å². The molecule has 1 fully saturated rings. The van der Waals surface area contributed by atoms with Gasteiger partial charge in [-0.2, -0.15) is 0 Å². The molecule has 0 amide bonds. The molecular weight excluding hydrogens is 160 g/mol. The predicted octanol–water partition coefficient (Wildman–Crippen LogP) is 2.91. The number of rotatable bonds is 0. The van der Waals surface area contributed by atoms with Gasteiger partial charge >= 0.3 is 0 Å². The third-order valence-electron chi connectivity index (χ3n) is 1.65. The zero-order chi connectivity index (χ0) is 11.1. The summed E-state index contributed by atoms with van der Waals surface area (Å²) < 4.78 is 0. The molecule has 0 saturated heterocycles. The van der Waals surface area contributed by atoms with Crippen LogP contribution in [0, 0.1) is 0 Å². The maximum atomic E-state index is 5.63. The van der Waals surface area contributed by atoms with E-state index in [0.717, 1.165) is 0 Å². The lowest BCUT2D eigenvalue weighted by Crippen LogP contribution is -2.22. The molecule has 0 aromatic rings. The summed E-state index contributed by atoms with van der Waals surface area (Å²) in [6.07, 6.45) is 6.66. The molecule has 1 aliphatic rings. The minimum Gasteiger partial charge on any atom is -0.333 e. The van der Waals surface area contributed by atoms with Crippen molar-refractivity contribution < 1.29 is 0 Å². The minimum atomic E-state index is 0.536. The van der Waals surface area contributed by atoms with Crippen LogP contribution in [0.15, 0.2) is 0 Å². The first-order chi connectivity index (χ1) is 6.39. The Bertz CT molecular complexity index is 50.1. The molecule has 1 aliphatic carbocycles. The lowest BCUT2D eigenvalue weighted by Gasteiger charge is -2.15. The highest BCUT2D eigenvalue weighted by molar-refractivity contribution is 4.66. The van der Waals surface area contributed by atoms with Crippen molar-refractivity contribution in [3.63, 3.8) is 0 Å². The van der Waals surface area contributed by atoms with Gasteiger partial charge in [-0.25, -0.2) is 0 Å². The molecule has 84 valence electrons. The van der Waals surface area contributed by atoms with E-state index in [0.29, 0.717) is 6.04 Å². The van der Waals surface area contributed by atoms with Crippen LogP contribution >= 0.6 is 0 Å². The van der Waals surface area contributed by atoms with Crippen molar-refractivity contribution in [2.45, 2.75) is 65.8 Å². The van der Waals surface area contributed by atoms with Crippen molar-refractivity contribution in [1.29, 1.82) is 0 Å². The van der Waals surface area contributed by atoms with Gasteiger partial charge in [0.15, 0.2) is 0 Å². The number of nitrogens with two attached hydrogens (primary N) is 2. The number of hydrogen-bond acceptors (Lipinski definition) is 2. The summed E-state index contributed by atoms with van der Waals surface area (Å²) in [5.41, 5.74) is 10.1. The van der Waals surface area contributed by atoms with Crippen molar-refractivity contribution in [2.75, 3.05) is 7.05 Å². The topological polar surface area (TPSA) is 52.0 Å². The van der Waals surface area contributed by atoms with Crippen LogP contribution < -0.4 is 11.5 Å². The fraction of sp³-hybridized carbons (Fsp3) is 1.00. The normalized spacial score (nSPS) is 15.0. The van der Waals surface area contributed by atoms with Crippen LogP contribution in [0.2, 0.25) is 0 Å². The molecule has 1 rings (SSSR count). The Morgan fingerprint density at radius 1 is 0.769 bits per heavy atom. The predicted molar refractivity (Wildman–Crippen MR) is 63.9 cm³/mol. The quantitative estimate of drug-likeness (QED) is 0.617.